The van der Waals surface area contributed by atoms with Gasteiger partial charge in [-0.15, -0.1) is 10.2 Å². The standard InChI is InChI=1S/C15H22N4O.3ClH.Ti/c1-14(2,3)9-7-10(13-16-18-19-17-13)12(20)11(8-9)15(4,5)6;;;;/h7-8,20H,1-6H3,(H,16,17,18,19);3*1H;/q;;;;+3/p-3. The van der Waals surface area contributed by atoms with E-state index in [1.807, 2.05) is 6.07 Å². The van der Waals surface area contributed by atoms with Crippen LogP contribution in [0.4, 0.5) is 0 Å². The number of tetrazole rings is 1. The maximum atomic E-state index is 10.6. The number of aromatic nitrogens is 4. The van der Waals surface area contributed by atoms with Crippen LogP contribution in [-0.4, -0.2) is 25.7 Å². The molecule has 0 atom stereocenters. The zero-order chi connectivity index (χ0) is 15.1. The van der Waals surface area contributed by atoms with Crippen LogP contribution in [0.3, 0.4) is 0 Å². The second-order valence-corrected chi connectivity index (χ2v) is 7.16. The number of nitrogens with one attached hydrogen (secondary N) is 1. The van der Waals surface area contributed by atoms with Gasteiger partial charge in [-0.3, -0.25) is 0 Å². The first-order valence-corrected chi connectivity index (χ1v) is 6.72. The van der Waals surface area contributed by atoms with Crippen LogP contribution in [0.25, 0.3) is 11.4 Å². The molecule has 0 saturated carbocycles. The van der Waals surface area contributed by atoms with E-state index in [9.17, 15) is 5.11 Å². The van der Waals surface area contributed by atoms with E-state index in [0.29, 0.717) is 11.4 Å². The zero-order valence-corrected chi connectivity index (χ0v) is 18.4. The summed E-state index contributed by atoms with van der Waals surface area (Å²) >= 11 is 0. The molecule has 1 aromatic heterocycles. The van der Waals surface area contributed by atoms with Crippen molar-refractivity contribution < 1.29 is 64.0 Å². The quantitative estimate of drug-likeness (QED) is 0.444. The molecule has 0 fully saturated rings. The smallest absolute Gasteiger partial charge is 1.00 e. The van der Waals surface area contributed by atoms with Gasteiger partial charge in [0.2, 0.25) is 5.82 Å². The second kappa shape index (κ2) is 9.98. The Bertz CT molecular complexity index is 623. The van der Waals surface area contributed by atoms with E-state index in [-0.39, 0.29) is 75.5 Å². The van der Waals surface area contributed by atoms with E-state index in [1.54, 1.807) is 0 Å². The fraction of sp³-hybridized carbons (Fsp3) is 0.533. The molecule has 0 spiro atoms. The summed E-state index contributed by atoms with van der Waals surface area (Å²) in [5.74, 6) is 0.644. The Kier molecular flexibility index (Phi) is 11.8. The van der Waals surface area contributed by atoms with E-state index in [4.69, 9.17) is 0 Å². The van der Waals surface area contributed by atoms with Crippen LogP contribution in [0.1, 0.15) is 52.7 Å². The van der Waals surface area contributed by atoms with E-state index in [2.05, 4.69) is 68.2 Å². The number of phenols is 1. The van der Waals surface area contributed by atoms with Crippen LogP contribution < -0.4 is 37.2 Å². The predicted octanol–water partition coefficient (Wildman–Crippen LogP) is -5.82. The number of rotatable bonds is 1. The Morgan fingerprint density at radius 1 is 0.917 bits per heavy atom. The largest absolute Gasteiger partial charge is 3.00 e. The Morgan fingerprint density at radius 3 is 1.83 bits per heavy atom. The third kappa shape index (κ3) is 6.19. The topological polar surface area (TPSA) is 74.7 Å². The molecule has 2 aromatic rings. The van der Waals surface area contributed by atoms with Gasteiger partial charge >= 0.3 is 21.7 Å². The molecule has 0 saturated heterocycles. The molecule has 0 aliphatic carbocycles. The van der Waals surface area contributed by atoms with Gasteiger partial charge in [-0.1, -0.05) is 47.6 Å². The maximum Gasteiger partial charge on any atom is 3.00 e. The third-order valence-electron chi connectivity index (χ3n) is 3.37. The van der Waals surface area contributed by atoms with E-state index in [0.717, 1.165) is 11.1 Å². The van der Waals surface area contributed by atoms with Gasteiger partial charge in [0.15, 0.2) is 0 Å². The van der Waals surface area contributed by atoms with Crippen molar-refractivity contribution in [3.05, 3.63) is 23.3 Å². The summed E-state index contributed by atoms with van der Waals surface area (Å²) < 4.78 is 0. The molecule has 0 aliphatic heterocycles. The number of benzene rings is 1. The third-order valence-corrected chi connectivity index (χ3v) is 3.37. The Hall–Kier alpha value is -0.326. The molecule has 0 bridgehead atoms. The van der Waals surface area contributed by atoms with Gasteiger partial charge in [0.1, 0.15) is 5.75 Å². The molecule has 1 aromatic carbocycles. The van der Waals surface area contributed by atoms with Crippen molar-refractivity contribution >= 4 is 0 Å². The number of hydrogen-bond acceptors (Lipinski definition) is 4. The van der Waals surface area contributed by atoms with Crippen LogP contribution in [0, 0.1) is 0 Å². The van der Waals surface area contributed by atoms with Crippen LogP contribution in [0.15, 0.2) is 12.1 Å². The average molecular weight is 429 g/mol. The molecule has 1 radical (unpaired) electrons. The van der Waals surface area contributed by atoms with Crippen LogP contribution >= 0.6 is 0 Å². The minimum Gasteiger partial charge on any atom is -1.00 e. The van der Waals surface area contributed by atoms with Crippen molar-refractivity contribution in [2.24, 2.45) is 0 Å². The average Bonchev–Trinajstić information content (AvgIpc) is 2.79. The number of aromatic amines is 1. The molecule has 24 heavy (non-hydrogen) atoms. The molecule has 5 nitrogen and oxygen atoms in total. The van der Waals surface area contributed by atoms with Crippen molar-refractivity contribution in [3.63, 3.8) is 0 Å². The van der Waals surface area contributed by atoms with Crippen LogP contribution in [-0.2, 0) is 32.5 Å². The summed E-state index contributed by atoms with van der Waals surface area (Å²) in [7, 11) is 0. The first-order valence-electron chi connectivity index (χ1n) is 6.72. The molecular weight excluding hydrogens is 406 g/mol. The van der Waals surface area contributed by atoms with Crippen molar-refractivity contribution in [2.45, 2.75) is 52.4 Å². The Labute approximate surface area is 176 Å². The van der Waals surface area contributed by atoms with Gasteiger partial charge in [-0.25, -0.2) is 0 Å². The van der Waals surface area contributed by atoms with Gasteiger partial charge in [-0.2, -0.15) is 5.21 Å². The summed E-state index contributed by atoms with van der Waals surface area (Å²) in [4.78, 5) is 0. The number of H-pyrrole nitrogens is 1. The minimum atomic E-state index is -0.163. The minimum absolute atomic E-state index is 0. The van der Waals surface area contributed by atoms with Crippen molar-refractivity contribution in [3.8, 4) is 17.1 Å². The molecule has 2 rings (SSSR count). The number of hydrogen-bond donors (Lipinski definition) is 2. The molecule has 2 N–H and O–H groups in total. The summed E-state index contributed by atoms with van der Waals surface area (Å²) in [6.07, 6.45) is 0. The monoisotopic (exact) mass is 427 g/mol. The molecule has 0 unspecified atom stereocenters. The number of phenolic OH excluding ortho intramolecular Hbond substituents is 1. The fourth-order valence-electron chi connectivity index (χ4n) is 2.09. The summed E-state index contributed by atoms with van der Waals surface area (Å²) in [6, 6.07) is 4.01. The van der Waals surface area contributed by atoms with Crippen molar-refractivity contribution in [1.29, 1.82) is 0 Å². The SMILES string of the molecule is CC(C)(C)c1cc(-c2nn[nH]n2)c(O)c(C(C)(C)C)c1.[Cl-].[Cl-].[Cl-].[Ti+3]. The van der Waals surface area contributed by atoms with E-state index < -0.39 is 0 Å². The van der Waals surface area contributed by atoms with Gasteiger partial charge in [0.05, 0.1) is 5.56 Å². The van der Waals surface area contributed by atoms with Crippen molar-refractivity contribution in [2.75, 3.05) is 0 Å². The summed E-state index contributed by atoms with van der Waals surface area (Å²) in [5.41, 5.74) is 2.47. The number of nitrogens with zero attached hydrogens (tertiary/aromatic N) is 3. The van der Waals surface area contributed by atoms with Gasteiger partial charge in [0.25, 0.3) is 0 Å². The molecule has 0 amide bonds. The van der Waals surface area contributed by atoms with E-state index in [1.165, 1.54) is 0 Å². The van der Waals surface area contributed by atoms with Crippen LogP contribution in [0.5, 0.6) is 5.75 Å². The molecule has 0 aliphatic rings. The zero-order valence-electron chi connectivity index (χ0n) is 14.6. The van der Waals surface area contributed by atoms with Crippen molar-refractivity contribution in [1.82, 2.24) is 20.6 Å². The number of aromatic hydroxyl groups is 1. The first kappa shape index (κ1) is 28.5. The van der Waals surface area contributed by atoms with Gasteiger partial charge < -0.3 is 42.3 Å². The molecule has 1 heterocycles. The summed E-state index contributed by atoms with van der Waals surface area (Å²) in [5, 5.41) is 24.5. The molecule has 133 valence electrons. The fourth-order valence-corrected chi connectivity index (χ4v) is 2.09. The number of halogens is 3. The predicted molar refractivity (Wildman–Crippen MR) is 78.7 cm³/mol. The summed E-state index contributed by atoms with van der Waals surface area (Å²) in [6.45, 7) is 12.7. The molecular formula is C15H22Cl3N4OTi. The molecule has 9 heteroatoms. The van der Waals surface area contributed by atoms with Gasteiger partial charge in [0, 0.05) is 5.56 Å². The Morgan fingerprint density at radius 2 is 1.46 bits per heavy atom. The van der Waals surface area contributed by atoms with Crippen LogP contribution in [0.2, 0.25) is 0 Å². The first-order chi connectivity index (χ1) is 9.10. The van der Waals surface area contributed by atoms with E-state index >= 15 is 0 Å². The Balaban J connectivity index is -0.00000110. The maximum absolute atomic E-state index is 10.6. The second-order valence-electron chi connectivity index (χ2n) is 7.16. The normalized spacial score (nSPS) is 10.6. The van der Waals surface area contributed by atoms with Gasteiger partial charge in [-0.05, 0) is 27.7 Å².